The summed E-state index contributed by atoms with van der Waals surface area (Å²) in [6, 6.07) is 17.1. The minimum absolute atomic E-state index is 0.308. The van der Waals surface area contributed by atoms with Gasteiger partial charge in [0.25, 0.3) is 0 Å². The number of benzene rings is 2. The van der Waals surface area contributed by atoms with Crippen molar-refractivity contribution in [2.45, 2.75) is 45.6 Å². The van der Waals surface area contributed by atoms with Crippen molar-refractivity contribution >= 4 is 5.97 Å². The predicted octanol–water partition coefficient (Wildman–Crippen LogP) is 5.04. The van der Waals surface area contributed by atoms with Gasteiger partial charge in [-0.1, -0.05) is 36.8 Å². The fourth-order valence-corrected chi connectivity index (χ4v) is 4.12. The van der Waals surface area contributed by atoms with Crippen LogP contribution in [0.3, 0.4) is 0 Å². The molecule has 1 aromatic heterocycles. The molecule has 0 amide bonds. The van der Waals surface area contributed by atoms with Crippen LogP contribution in [0.4, 0.5) is 0 Å². The highest BCUT2D eigenvalue weighted by Crippen LogP contribution is 2.51. The lowest BCUT2D eigenvalue weighted by Crippen LogP contribution is -2.44. The molecule has 6 heteroatoms. The Morgan fingerprint density at radius 2 is 1.88 bits per heavy atom. The normalized spacial score (nSPS) is 15.6. The van der Waals surface area contributed by atoms with E-state index in [1.165, 1.54) is 0 Å². The second-order valence-corrected chi connectivity index (χ2v) is 8.19. The van der Waals surface area contributed by atoms with Crippen LogP contribution in [-0.4, -0.2) is 29.3 Å². The first-order chi connectivity index (χ1) is 15.5. The lowest BCUT2D eigenvalue weighted by Gasteiger charge is -2.42. The Bertz CT molecular complexity index is 1040. The molecule has 1 N–H and O–H groups in total. The fraction of sp³-hybridized carbons (Fsp3) is 0.385. The second kappa shape index (κ2) is 9.57. The summed E-state index contributed by atoms with van der Waals surface area (Å²) in [5.41, 5.74) is 1.70. The van der Waals surface area contributed by atoms with Crippen LogP contribution in [0.15, 0.2) is 59.0 Å². The molecule has 1 aliphatic rings. The average Bonchev–Trinajstić information content (AvgIpc) is 3.15. The lowest BCUT2D eigenvalue weighted by atomic mass is 9.63. The number of ether oxygens (including phenoxy) is 2. The molecule has 0 spiro atoms. The Hall–Kier alpha value is -3.12. The molecule has 3 aromatic rings. The Labute approximate surface area is 188 Å². The van der Waals surface area contributed by atoms with E-state index in [1.807, 2.05) is 61.5 Å². The first-order valence-corrected chi connectivity index (χ1v) is 11.1. The Morgan fingerprint density at radius 3 is 2.50 bits per heavy atom. The molecule has 1 saturated carbocycles. The first kappa shape index (κ1) is 22.1. The SMILES string of the molecule is CCOC(=O)C1(C(O)c2ccc(OCCc3nc(-c4ccccc4)oc3C)cc2)CCC1. The van der Waals surface area contributed by atoms with Gasteiger partial charge in [-0.15, -0.1) is 0 Å². The van der Waals surface area contributed by atoms with E-state index in [-0.39, 0.29) is 5.97 Å². The van der Waals surface area contributed by atoms with Crippen molar-refractivity contribution in [3.63, 3.8) is 0 Å². The van der Waals surface area contributed by atoms with E-state index in [1.54, 1.807) is 6.92 Å². The number of hydrogen-bond donors (Lipinski definition) is 1. The van der Waals surface area contributed by atoms with Gasteiger partial charge in [-0.2, -0.15) is 0 Å². The predicted molar refractivity (Wildman–Crippen MR) is 120 cm³/mol. The van der Waals surface area contributed by atoms with E-state index in [9.17, 15) is 9.90 Å². The van der Waals surface area contributed by atoms with E-state index in [2.05, 4.69) is 4.98 Å². The van der Waals surface area contributed by atoms with Crippen LogP contribution in [0, 0.1) is 12.3 Å². The third-order valence-electron chi connectivity index (χ3n) is 6.17. The summed E-state index contributed by atoms with van der Waals surface area (Å²) < 4.78 is 16.9. The highest BCUT2D eigenvalue weighted by Gasteiger charge is 2.51. The van der Waals surface area contributed by atoms with Gasteiger partial charge in [0.05, 0.1) is 30.4 Å². The maximum atomic E-state index is 12.4. The molecule has 0 radical (unpaired) electrons. The zero-order chi connectivity index (χ0) is 22.6. The molecule has 1 unspecified atom stereocenters. The van der Waals surface area contributed by atoms with E-state index in [0.717, 1.165) is 23.4 Å². The smallest absolute Gasteiger partial charge is 0.315 e. The Balaban J connectivity index is 1.35. The maximum Gasteiger partial charge on any atom is 0.315 e. The van der Waals surface area contributed by atoms with E-state index >= 15 is 0 Å². The third-order valence-corrected chi connectivity index (χ3v) is 6.17. The minimum atomic E-state index is -0.876. The molecule has 2 aromatic carbocycles. The Morgan fingerprint density at radius 1 is 1.16 bits per heavy atom. The fourth-order valence-electron chi connectivity index (χ4n) is 4.12. The summed E-state index contributed by atoms with van der Waals surface area (Å²) in [5.74, 6) is 1.79. The van der Waals surface area contributed by atoms with Crippen molar-refractivity contribution in [2.75, 3.05) is 13.2 Å². The number of hydrogen-bond acceptors (Lipinski definition) is 6. The third kappa shape index (κ3) is 4.41. The summed E-state index contributed by atoms with van der Waals surface area (Å²) in [6.07, 6.45) is 1.96. The molecule has 1 heterocycles. The highest BCUT2D eigenvalue weighted by molar-refractivity contribution is 5.79. The molecule has 1 atom stereocenters. The number of carbonyl (C=O) groups is 1. The highest BCUT2D eigenvalue weighted by atomic mass is 16.5. The number of rotatable bonds is 9. The van der Waals surface area contributed by atoms with Gasteiger partial charge in [-0.3, -0.25) is 4.79 Å². The summed E-state index contributed by atoms with van der Waals surface area (Å²) in [5, 5.41) is 10.9. The van der Waals surface area contributed by atoms with E-state index in [4.69, 9.17) is 13.9 Å². The molecule has 1 fully saturated rings. The van der Waals surface area contributed by atoms with Gasteiger partial charge in [0.15, 0.2) is 0 Å². The minimum Gasteiger partial charge on any atom is -0.493 e. The van der Waals surface area contributed by atoms with Crippen LogP contribution >= 0.6 is 0 Å². The number of aryl methyl sites for hydroxylation is 1. The van der Waals surface area contributed by atoms with Gasteiger partial charge >= 0.3 is 5.97 Å². The number of nitrogens with zero attached hydrogens (tertiary/aromatic N) is 1. The summed E-state index contributed by atoms with van der Waals surface area (Å²) in [7, 11) is 0. The molecular weight excluding hydrogens is 406 g/mol. The second-order valence-electron chi connectivity index (χ2n) is 8.19. The molecule has 168 valence electrons. The number of aliphatic hydroxyl groups excluding tert-OH is 1. The van der Waals surface area contributed by atoms with Crippen LogP contribution in [0.25, 0.3) is 11.5 Å². The van der Waals surface area contributed by atoms with Crippen molar-refractivity contribution in [1.82, 2.24) is 4.98 Å². The molecule has 32 heavy (non-hydrogen) atoms. The Kier molecular flexibility index (Phi) is 6.61. The zero-order valence-corrected chi connectivity index (χ0v) is 18.5. The van der Waals surface area contributed by atoms with Gasteiger partial charge in [-0.05, 0) is 56.5 Å². The van der Waals surface area contributed by atoms with Gasteiger partial charge < -0.3 is 19.0 Å². The van der Waals surface area contributed by atoms with Crippen molar-refractivity contribution in [3.05, 3.63) is 71.6 Å². The van der Waals surface area contributed by atoms with Gasteiger partial charge in [-0.25, -0.2) is 4.98 Å². The lowest BCUT2D eigenvalue weighted by molar-refractivity contribution is -0.172. The average molecular weight is 436 g/mol. The molecule has 0 saturated heterocycles. The van der Waals surface area contributed by atoms with Crippen LogP contribution in [0.2, 0.25) is 0 Å². The molecule has 1 aliphatic carbocycles. The van der Waals surface area contributed by atoms with Crippen LogP contribution in [-0.2, 0) is 16.0 Å². The van der Waals surface area contributed by atoms with E-state index < -0.39 is 11.5 Å². The van der Waals surface area contributed by atoms with Crippen LogP contribution in [0.1, 0.15) is 49.3 Å². The first-order valence-electron chi connectivity index (χ1n) is 11.1. The molecule has 6 nitrogen and oxygen atoms in total. The van der Waals surface area contributed by atoms with Crippen molar-refractivity contribution in [2.24, 2.45) is 5.41 Å². The standard InChI is InChI=1S/C26H29NO5/c1-3-30-25(29)26(15-7-16-26)23(28)19-10-12-21(13-11-19)31-17-14-22-18(2)32-24(27-22)20-8-5-4-6-9-20/h4-6,8-13,23,28H,3,7,14-17H2,1-2H3. The number of esters is 1. The maximum absolute atomic E-state index is 12.4. The van der Waals surface area contributed by atoms with Crippen molar-refractivity contribution in [1.29, 1.82) is 0 Å². The molecule has 0 aliphatic heterocycles. The molecular formula is C26H29NO5. The summed E-state index contributed by atoms with van der Waals surface area (Å²) in [4.78, 5) is 17.0. The van der Waals surface area contributed by atoms with Gasteiger partial charge in [0.1, 0.15) is 11.5 Å². The van der Waals surface area contributed by atoms with Gasteiger partial charge in [0.2, 0.25) is 5.89 Å². The number of oxazole rings is 1. The summed E-state index contributed by atoms with van der Waals surface area (Å²) in [6.45, 7) is 4.46. The van der Waals surface area contributed by atoms with Crippen LogP contribution < -0.4 is 4.74 Å². The molecule has 4 rings (SSSR count). The number of carbonyl (C=O) groups excluding carboxylic acids is 1. The topological polar surface area (TPSA) is 81.8 Å². The largest absolute Gasteiger partial charge is 0.493 e. The van der Waals surface area contributed by atoms with Crippen molar-refractivity contribution < 1.29 is 23.8 Å². The number of aliphatic hydroxyl groups is 1. The van der Waals surface area contributed by atoms with Crippen molar-refractivity contribution in [3.8, 4) is 17.2 Å². The van der Waals surface area contributed by atoms with Gasteiger partial charge in [0, 0.05) is 12.0 Å². The monoisotopic (exact) mass is 435 g/mol. The zero-order valence-electron chi connectivity index (χ0n) is 18.5. The number of aromatic nitrogens is 1. The molecule has 0 bridgehead atoms. The van der Waals surface area contributed by atoms with Crippen LogP contribution in [0.5, 0.6) is 5.75 Å². The quantitative estimate of drug-likeness (QED) is 0.474. The summed E-state index contributed by atoms with van der Waals surface area (Å²) >= 11 is 0. The van der Waals surface area contributed by atoms with E-state index in [0.29, 0.717) is 49.7 Å².